The number of non-ortho nitro benzene ring substituents is 1. The van der Waals surface area contributed by atoms with Crippen LogP contribution >= 0.6 is 34.8 Å². The molecule has 0 unspecified atom stereocenters. The van der Waals surface area contributed by atoms with Crippen LogP contribution in [-0.2, 0) is 4.79 Å². The van der Waals surface area contributed by atoms with E-state index in [1.807, 2.05) is 0 Å². The highest BCUT2D eigenvalue weighted by molar-refractivity contribution is 6.68. The van der Waals surface area contributed by atoms with E-state index in [0.29, 0.717) is 0 Å². The van der Waals surface area contributed by atoms with Gasteiger partial charge in [0.2, 0.25) is 9.70 Å². The molecule has 21 heavy (non-hydrogen) atoms. The van der Waals surface area contributed by atoms with Crippen molar-refractivity contribution in [2.45, 2.75) is 23.2 Å². The molecule has 1 aromatic carbocycles. The molecule has 1 aromatic rings. The van der Waals surface area contributed by atoms with Gasteiger partial charge in [0.15, 0.2) is 5.78 Å². The van der Waals surface area contributed by atoms with Crippen molar-refractivity contribution < 1.29 is 14.5 Å². The molecule has 0 heterocycles. The van der Waals surface area contributed by atoms with Gasteiger partial charge in [-0.2, -0.15) is 0 Å². The van der Waals surface area contributed by atoms with Gasteiger partial charge in [0, 0.05) is 31.0 Å². The second-order valence-electron chi connectivity index (χ2n) is 4.23. The fraction of sp³-hybridized carbons (Fsp3) is 0.333. The SMILES string of the molecule is CC(=O)N[C@@H](CC(=O)c1ccc([N+](=O)[O-])cc1)C(Cl)(Cl)Cl. The van der Waals surface area contributed by atoms with E-state index in [1.165, 1.54) is 31.2 Å². The number of amides is 1. The van der Waals surface area contributed by atoms with Gasteiger partial charge in [0.05, 0.1) is 11.0 Å². The van der Waals surface area contributed by atoms with Crippen molar-refractivity contribution in [3.8, 4) is 0 Å². The molecule has 1 N–H and O–H groups in total. The summed E-state index contributed by atoms with van der Waals surface area (Å²) in [4.78, 5) is 33.1. The van der Waals surface area contributed by atoms with Crippen LogP contribution in [0, 0.1) is 10.1 Å². The van der Waals surface area contributed by atoms with Crippen molar-refractivity contribution in [3.63, 3.8) is 0 Å². The third-order valence-corrected chi connectivity index (χ3v) is 3.35. The maximum absolute atomic E-state index is 12.1. The number of nitro groups is 1. The third-order valence-electron chi connectivity index (χ3n) is 2.56. The molecule has 6 nitrogen and oxygen atoms in total. The topological polar surface area (TPSA) is 89.3 Å². The Bertz CT molecular complexity index is 555. The molecule has 1 amide bonds. The summed E-state index contributed by atoms with van der Waals surface area (Å²) in [5.41, 5.74) is 0.0940. The molecule has 1 atom stereocenters. The van der Waals surface area contributed by atoms with Gasteiger partial charge in [-0.15, -0.1) is 0 Å². The summed E-state index contributed by atoms with van der Waals surface area (Å²) in [5.74, 6) is -0.849. The number of benzene rings is 1. The van der Waals surface area contributed by atoms with Gasteiger partial charge in [-0.05, 0) is 12.1 Å². The van der Waals surface area contributed by atoms with Crippen LogP contribution in [0.4, 0.5) is 5.69 Å². The maximum atomic E-state index is 12.1. The quantitative estimate of drug-likeness (QED) is 0.381. The van der Waals surface area contributed by atoms with Crippen LogP contribution < -0.4 is 5.32 Å². The number of Topliss-reactive ketones (excluding diaryl/α,β-unsaturated/α-hetero) is 1. The summed E-state index contributed by atoms with van der Waals surface area (Å²) in [6.45, 7) is 1.24. The molecule has 0 aliphatic rings. The molecule has 0 aromatic heterocycles. The number of hydrogen-bond donors (Lipinski definition) is 1. The van der Waals surface area contributed by atoms with Crippen LogP contribution in [0.3, 0.4) is 0 Å². The zero-order valence-corrected chi connectivity index (χ0v) is 13.1. The van der Waals surface area contributed by atoms with Gasteiger partial charge in [0.1, 0.15) is 0 Å². The third kappa shape index (κ3) is 5.49. The molecule has 9 heteroatoms. The lowest BCUT2D eigenvalue weighted by atomic mass is 10.0. The van der Waals surface area contributed by atoms with Crippen LogP contribution in [0.1, 0.15) is 23.7 Å². The molecular formula is C12H11Cl3N2O4. The first-order chi connectivity index (χ1) is 9.61. The molecule has 0 aliphatic carbocycles. The first kappa shape index (κ1) is 17.7. The molecular weight excluding hydrogens is 343 g/mol. The molecule has 0 fully saturated rings. The Hall–Kier alpha value is -1.37. The Morgan fingerprint density at radius 1 is 1.29 bits per heavy atom. The van der Waals surface area contributed by atoms with Gasteiger partial charge in [-0.3, -0.25) is 19.7 Å². The maximum Gasteiger partial charge on any atom is 0.269 e. The van der Waals surface area contributed by atoms with Crippen molar-refractivity contribution >= 4 is 52.2 Å². The Labute approximate surface area is 135 Å². The zero-order valence-electron chi connectivity index (χ0n) is 10.8. The summed E-state index contributed by atoms with van der Waals surface area (Å²) < 4.78 is -1.85. The molecule has 0 saturated heterocycles. The highest BCUT2D eigenvalue weighted by Crippen LogP contribution is 2.32. The molecule has 1 rings (SSSR count). The lowest BCUT2D eigenvalue weighted by Gasteiger charge is -2.24. The number of nitro benzene ring substituents is 1. The van der Waals surface area contributed by atoms with Gasteiger partial charge in [-0.1, -0.05) is 34.8 Å². The van der Waals surface area contributed by atoms with Crippen molar-refractivity contribution in [1.29, 1.82) is 0 Å². The normalized spacial score (nSPS) is 12.6. The molecule has 0 saturated carbocycles. The van der Waals surface area contributed by atoms with Crippen LogP contribution in [0.2, 0.25) is 0 Å². The first-order valence-corrected chi connectivity index (χ1v) is 6.86. The number of rotatable bonds is 5. The molecule has 0 spiro atoms. The van der Waals surface area contributed by atoms with Crippen molar-refractivity contribution in [1.82, 2.24) is 5.32 Å². The monoisotopic (exact) mass is 352 g/mol. The average molecular weight is 354 g/mol. The Morgan fingerprint density at radius 3 is 2.19 bits per heavy atom. The summed E-state index contributed by atoms with van der Waals surface area (Å²) in [6.07, 6.45) is -0.242. The fourth-order valence-corrected chi connectivity index (χ4v) is 1.96. The smallest absolute Gasteiger partial charge is 0.269 e. The van der Waals surface area contributed by atoms with E-state index in [-0.39, 0.29) is 17.7 Å². The van der Waals surface area contributed by atoms with Crippen molar-refractivity contribution in [2.24, 2.45) is 0 Å². The van der Waals surface area contributed by atoms with Crippen molar-refractivity contribution in [2.75, 3.05) is 0 Å². The number of ketones is 1. The van der Waals surface area contributed by atoms with E-state index < -0.39 is 26.4 Å². The molecule has 114 valence electrons. The summed E-state index contributed by atoms with van der Waals surface area (Å²) in [7, 11) is 0. The van der Waals surface area contributed by atoms with E-state index >= 15 is 0 Å². The molecule has 0 aliphatic heterocycles. The highest BCUT2D eigenvalue weighted by atomic mass is 35.6. The van der Waals surface area contributed by atoms with Crippen LogP contribution in [0.25, 0.3) is 0 Å². The van der Waals surface area contributed by atoms with Gasteiger partial charge < -0.3 is 5.32 Å². The van der Waals surface area contributed by atoms with E-state index in [2.05, 4.69) is 5.32 Å². The molecule has 0 radical (unpaired) electrons. The Morgan fingerprint density at radius 2 is 1.81 bits per heavy atom. The van der Waals surface area contributed by atoms with Crippen LogP contribution in [-0.4, -0.2) is 26.4 Å². The summed E-state index contributed by atoms with van der Waals surface area (Å²) >= 11 is 17.1. The minimum absolute atomic E-state index is 0.133. The largest absolute Gasteiger partial charge is 0.349 e. The number of halogens is 3. The number of hydrogen-bond acceptors (Lipinski definition) is 4. The first-order valence-electron chi connectivity index (χ1n) is 5.72. The minimum Gasteiger partial charge on any atom is -0.349 e. The number of carbonyl (C=O) groups is 2. The van der Waals surface area contributed by atoms with E-state index in [9.17, 15) is 19.7 Å². The predicted octanol–water partition coefficient (Wildman–Crippen LogP) is 3.04. The molecule has 0 bridgehead atoms. The summed E-state index contributed by atoms with van der Waals surface area (Å²) in [5, 5.41) is 12.9. The zero-order chi connectivity index (χ0) is 16.2. The average Bonchev–Trinajstić information content (AvgIpc) is 2.36. The van der Waals surface area contributed by atoms with Crippen LogP contribution in [0.15, 0.2) is 24.3 Å². The van der Waals surface area contributed by atoms with Gasteiger partial charge in [0.25, 0.3) is 5.69 Å². The van der Waals surface area contributed by atoms with Crippen molar-refractivity contribution in [3.05, 3.63) is 39.9 Å². The minimum atomic E-state index is -1.85. The number of nitrogens with zero attached hydrogens (tertiary/aromatic N) is 1. The number of nitrogens with one attached hydrogen (secondary N) is 1. The Balaban J connectivity index is 2.86. The lowest BCUT2D eigenvalue weighted by molar-refractivity contribution is -0.384. The second-order valence-corrected chi connectivity index (χ2v) is 6.59. The highest BCUT2D eigenvalue weighted by Gasteiger charge is 2.35. The van der Waals surface area contributed by atoms with E-state index in [0.717, 1.165) is 0 Å². The standard InChI is InChI=1S/C12H11Cl3N2O4/c1-7(18)16-11(12(13,14)15)6-10(19)8-2-4-9(5-3-8)17(20)21/h2-5,11H,6H2,1H3,(H,16,18)/t11-/m0/s1. The van der Waals surface area contributed by atoms with Gasteiger partial charge in [-0.25, -0.2) is 0 Å². The van der Waals surface area contributed by atoms with E-state index in [1.54, 1.807) is 0 Å². The fourth-order valence-electron chi connectivity index (χ4n) is 1.57. The second kappa shape index (κ2) is 7.06. The summed E-state index contributed by atoms with van der Waals surface area (Å²) in [6, 6.07) is 4.03. The lowest BCUT2D eigenvalue weighted by Crippen LogP contribution is -2.44. The van der Waals surface area contributed by atoms with E-state index in [4.69, 9.17) is 34.8 Å². The van der Waals surface area contributed by atoms with Gasteiger partial charge >= 0.3 is 0 Å². The van der Waals surface area contributed by atoms with Crippen LogP contribution in [0.5, 0.6) is 0 Å². The predicted molar refractivity (Wildman–Crippen MR) is 79.9 cm³/mol. The number of alkyl halides is 3. The number of carbonyl (C=O) groups excluding carboxylic acids is 2. The Kier molecular flexibility index (Phi) is 5.95.